The monoisotopic (exact) mass is 357 g/mol. The van der Waals surface area contributed by atoms with Gasteiger partial charge in [-0.15, -0.1) is 0 Å². The van der Waals surface area contributed by atoms with E-state index in [1.54, 1.807) is 12.1 Å². The Morgan fingerprint density at radius 3 is 2.38 bits per heavy atom. The summed E-state index contributed by atoms with van der Waals surface area (Å²) in [6.07, 6.45) is 0.423. The van der Waals surface area contributed by atoms with Crippen molar-refractivity contribution in [3.05, 3.63) is 54.6 Å². The molecule has 0 unspecified atom stereocenters. The van der Waals surface area contributed by atoms with Crippen LogP contribution in [0.25, 0.3) is 0 Å². The second-order valence-corrected chi connectivity index (χ2v) is 6.47. The van der Waals surface area contributed by atoms with Crippen molar-refractivity contribution in [2.45, 2.75) is 17.9 Å². The van der Waals surface area contributed by atoms with Crippen molar-refractivity contribution in [2.75, 3.05) is 13.2 Å². The summed E-state index contributed by atoms with van der Waals surface area (Å²) in [4.78, 5) is -0.325. The maximum absolute atomic E-state index is 12.3. The van der Waals surface area contributed by atoms with Crippen LogP contribution in [-0.4, -0.2) is 28.2 Å². The van der Waals surface area contributed by atoms with Crippen molar-refractivity contribution in [3.8, 4) is 11.5 Å². The van der Waals surface area contributed by atoms with Gasteiger partial charge in [-0.2, -0.15) is 8.78 Å². The first kappa shape index (κ1) is 18.2. The Bertz CT molecular complexity index is 739. The third-order valence-corrected chi connectivity index (χ3v) is 4.48. The topological polar surface area (TPSA) is 64.6 Å². The van der Waals surface area contributed by atoms with Crippen LogP contribution < -0.4 is 14.2 Å². The fourth-order valence-corrected chi connectivity index (χ4v) is 3.14. The Balaban J connectivity index is 1.87. The molecule has 130 valence electrons. The van der Waals surface area contributed by atoms with E-state index in [1.165, 1.54) is 24.3 Å². The van der Waals surface area contributed by atoms with Gasteiger partial charge in [0.05, 0.1) is 6.61 Å². The lowest BCUT2D eigenvalue weighted by Gasteiger charge is -2.12. The number of alkyl halides is 2. The van der Waals surface area contributed by atoms with Crippen molar-refractivity contribution < 1.29 is 26.7 Å². The molecular formula is C16H17F2NO4S. The summed E-state index contributed by atoms with van der Waals surface area (Å²) in [6.45, 7) is -2.67. The number of rotatable bonds is 9. The van der Waals surface area contributed by atoms with E-state index in [0.717, 1.165) is 0 Å². The Morgan fingerprint density at radius 2 is 1.67 bits per heavy atom. The van der Waals surface area contributed by atoms with Gasteiger partial charge in [0.25, 0.3) is 0 Å². The van der Waals surface area contributed by atoms with Crippen molar-refractivity contribution in [3.63, 3.8) is 0 Å². The molecule has 0 radical (unpaired) electrons. The van der Waals surface area contributed by atoms with Crippen LogP contribution >= 0.6 is 0 Å². The summed E-state index contributed by atoms with van der Waals surface area (Å²) in [5.41, 5.74) is 0. The molecule has 0 aromatic heterocycles. The minimum Gasteiger partial charge on any atom is -0.494 e. The smallest absolute Gasteiger partial charge is 0.387 e. The summed E-state index contributed by atoms with van der Waals surface area (Å²) >= 11 is 0. The highest BCUT2D eigenvalue weighted by atomic mass is 32.2. The van der Waals surface area contributed by atoms with Crippen LogP contribution in [0.3, 0.4) is 0 Å². The highest BCUT2D eigenvalue weighted by Gasteiger charge is 2.20. The SMILES string of the molecule is O=S(=O)(NCCCOc1ccccc1)c1ccccc1OC(F)F. The number of benzene rings is 2. The molecule has 0 bridgehead atoms. The maximum atomic E-state index is 12.3. The first-order valence-electron chi connectivity index (χ1n) is 7.20. The number of sulfonamides is 1. The van der Waals surface area contributed by atoms with Crippen molar-refractivity contribution in [1.29, 1.82) is 0 Å². The number of nitrogens with one attached hydrogen (secondary N) is 1. The van der Waals surface area contributed by atoms with Gasteiger partial charge in [0.15, 0.2) is 0 Å². The van der Waals surface area contributed by atoms with E-state index in [9.17, 15) is 17.2 Å². The molecule has 0 aliphatic rings. The normalized spacial score (nSPS) is 11.5. The van der Waals surface area contributed by atoms with Gasteiger partial charge in [0.2, 0.25) is 10.0 Å². The van der Waals surface area contributed by atoms with Crippen LogP contribution in [0.5, 0.6) is 11.5 Å². The Kier molecular flexibility index (Phi) is 6.51. The molecule has 0 saturated heterocycles. The van der Waals surface area contributed by atoms with E-state index in [4.69, 9.17) is 4.74 Å². The van der Waals surface area contributed by atoms with Crippen LogP contribution in [0.2, 0.25) is 0 Å². The number of ether oxygens (including phenoxy) is 2. The molecule has 0 saturated carbocycles. The van der Waals surface area contributed by atoms with E-state index < -0.39 is 16.6 Å². The zero-order valence-corrected chi connectivity index (χ0v) is 13.5. The van der Waals surface area contributed by atoms with Gasteiger partial charge in [-0.25, -0.2) is 13.1 Å². The number of para-hydroxylation sites is 2. The quantitative estimate of drug-likeness (QED) is 0.701. The fourth-order valence-electron chi connectivity index (χ4n) is 1.93. The van der Waals surface area contributed by atoms with Gasteiger partial charge >= 0.3 is 6.61 Å². The molecular weight excluding hydrogens is 340 g/mol. The van der Waals surface area contributed by atoms with Crippen LogP contribution in [0.1, 0.15) is 6.42 Å². The summed E-state index contributed by atoms with van der Waals surface area (Å²) in [5.74, 6) is 0.302. The molecule has 8 heteroatoms. The molecule has 0 heterocycles. The molecule has 2 aromatic carbocycles. The van der Waals surface area contributed by atoms with Crippen LogP contribution in [0, 0.1) is 0 Å². The van der Waals surface area contributed by atoms with Gasteiger partial charge in [-0.1, -0.05) is 30.3 Å². The third kappa shape index (κ3) is 5.47. The third-order valence-electron chi connectivity index (χ3n) is 2.98. The molecule has 2 rings (SSSR count). The van der Waals surface area contributed by atoms with Crippen LogP contribution in [-0.2, 0) is 10.0 Å². The lowest BCUT2D eigenvalue weighted by Crippen LogP contribution is -2.26. The minimum absolute atomic E-state index is 0.109. The molecule has 1 N–H and O–H groups in total. The van der Waals surface area contributed by atoms with E-state index in [0.29, 0.717) is 18.8 Å². The molecule has 0 aliphatic carbocycles. The average molecular weight is 357 g/mol. The molecule has 24 heavy (non-hydrogen) atoms. The van der Waals surface area contributed by atoms with Gasteiger partial charge in [-0.05, 0) is 30.7 Å². The van der Waals surface area contributed by atoms with E-state index in [-0.39, 0.29) is 17.2 Å². The molecule has 0 amide bonds. The molecule has 2 aromatic rings. The predicted octanol–water partition coefficient (Wildman–Crippen LogP) is 3.04. The lowest BCUT2D eigenvalue weighted by molar-refractivity contribution is -0.0517. The second-order valence-electron chi connectivity index (χ2n) is 4.74. The van der Waals surface area contributed by atoms with Crippen LogP contribution in [0.4, 0.5) is 8.78 Å². The first-order chi connectivity index (χ1) is 11.5. The Hall–Kier alpha value is -2.19. The Labute approximate surface area is 139 Å². The largest absolute Gasteiger partial charge is 0.494 e. The molecule has 0 spiro atoms. The zero-order chi connectivity index (χ0) is 17.4. The van der Waals surface area contributed by atoms with Crippen LogP contribution in [0.15, 0.2) is 59.5 Å². The second kappa shape index (κ2) is 8.60. The standard InChI is InChI=1S/C16H17F2NO4S/c17-16(18)23-14-9-4-5-10-15(14)24(20,21)19-11-6-12-22-13-7-2-1-3-8-13/h1-5,7-10,16,19H,6,11-12H2. The summed E-state index contributed by atoms with van der Waals surface area (Å²) in [6, 6.07) is 14.4. The average Bonchev–Trinajstić information content (AvgIpc) is 2.55. The zero-order valence-electron chi connectivity index (χ0n) is 12.7. The highest BCUT2D eigenvalue weighted by molar-refractivity contribution is 7.89. The molecule has 5 nitrogen and oxygen atoms in total. The molecule has 0 aliphatic heterocycles. The van der Waals surface area contributed by atoms with Gasteiger partial charge < -0.3 is 9.47 Å². The van der Waals surface area contributed by atoms with Crippen molar-refractivity contribution in [2.24, 2.45) is 0 Å². The van der Waals surface area contributed by atoms with E-state index in [2.05, 4.69) is 9.46 Å². The summed E-state index contributed by atoms with van der Waals surface area (Å²) < 4.78 is 61.1. The van der Waals surface area contributed by atoms with E-state index in [1.807, 2.05) is 18.2 Å². The Morgan fingerprint density at radius 1 is 1.00 bits per heavy atom. The fraction of sp³-hybridized carbons (Fsp3) is 0.250. The lowest BCUT2D eigenvalue weighted by atomic mass is 10.3. The number of halogens is 2. The maximum Gasteiger partial charge on any atom is 0.387 e. The van der Waals surface area contributed by atoms with Gasteiger partial charge in [0.1, 0.15) is 16.4 Å². The van der Waals surface area contributed by atoms with E-state index >= 15 is 0 Å². The van der Waals surface area contributed by atoms with Gasteiger partial charge in [0, 0.05) is 6.54 Å². The number of hydrogen-bond acceptors (Lipinski definition) is 4. The number of hydrogen-bond donors (Lipinski definition) is 1. The van der Waals surface area contributed by atoms with Crippen molar-refractivity contribution >= 4 is 10.0 Å². The molecule has 0 atom stereocenters. The highest BCUT2D eigenvalue weighted by Crippen LogP contribution is 2.24. The molecule has 0 fully saturated rings. The summed E-state index contributed by atoms with van der Waals surface area (Å²) in [5, 5.41) is 0. The first-order valence-corrected chi connectivity index (χ1v) is 8.69. The summed E-state index contributed by atoms with van der Waals surface area (Å²) in [7, 11) is -3.95. The van der Waals surface area contributed by atoms with Gasteiger partial charge in [-0.3, -0.25) is 0 Å². The van der Waals surface area contributed by atoms with Crippen molar-refractivity contribution in [1.82, 2.24) is 4.72 Å². The minimum atomic E-state index is -3.95. The predicted molar refractivity (Wildman–Crippen MR) is 84.8 cm³/mol.